The van der Waals surface area contributed by atoms with Gasteiger partial charge in [-0.1, -0.05) is 6.07 Å². The largest absolute Gasteiger partial charge is 0.493 e. The van der Waals surface area contributed by atoms with Gasteiger partial charge in [-0.2, -0.15) is 17.5 Å². The number of pyridine rings is 1. The second-order valence-corrected chi connectivity index (χ2v) is 9.06. The van der Waals surface area contributed by atoms with Gasteiger partial charge in [0.2, 0.25) is 10.0 Å². The third-order valence-corrected chi connectivity index (χ3v) is 6.96. The van der Waals surface area contributed by atoms with Crippen molar-refractivity contribution in [3.05, 3.63) is 72.1 Å². The van der Waals surface area contributed by atoms with Crippen LogP contribution in [0.15, 0.2) is 65.8 Å². The lowest BCUT2D eigenvalue weighted by Gasteiger charge is -2.20. The fourth-order valence-corrected chi connectivity index (χ4v) is 4.88. The van der Waals surface area contributed by atoms with E-state index >= 15 is 0 Å². The lowest BCUT2D eigenvalue weighted by atomic mass is 10.0. The van der Waals surface area contributed by atoms with Crippen LogP contribution in [-0.4, -0.2) is 38.0 Å². The summed E-state index contributed by atoms with van der Waals surface area (Å²) in [5, 5.41) is 0. The van der Waals surface area contributed by atoms with E-state index in [1.807, 2.05) is 6.07 Å². The van der Waals surface area contributed by atoms with Crippen LogP contribution in [0.5, 0.6) is 11.5 Å². The van der Waals surface area contributed by atoms with E-state index in [4.69, 9.17) is 9.47 Å². The molecule has 0 saturated heterocycles. The highest BCUT2D eigenvalue weighted by molar-refractivity contribution is 7.89. The van der Waals surface area contributed by atoms with Crippen molar-refractivity contribution in [1.82, 2.24) is 9.29 Å². The van der Waals surface area contributed by atoms with Gasteiger partial charge in [0.25, 0.3) is 0 Å². The Labute approximate surface area is 183 Å². The van der Waals surface area contributed by atoms with Gasteiger partial charge >= 0.3 is 6.18 Å². The van der Waals surface area contributed by atoms with Crippen molar-refractivity contribution in [2.24, 2.45) is 0 Å². The number of rotatable bonds is 4. The number of hydrogen-bond acceptors (Lipinski definition) is 5. The summed E-state index contributed by atoms with van der Waals surface area (Å²) < 4.78 is 77.3. The van der Waals surface area contributed by atoms with Crippen molar-refractivity contribution in [1.29, 1.82) is 0 Å². The van der Waals surface area contributed by atoms with Gasteiger partial charge in [-0.15, -0.1) is 0 Å². The summed E-state index contributed by atoms with van der Waals surface area (Å²) in [5.41, 5.74) is 1.25. The van der Waals surface area contributed by atoms with E-state index in [9.17, 15) is 21.6 Å². The topological polar surface area (TPSA) is 68.7 Å². The number of nitrogens with zero attached hydrogens (tertiary/aromatic N) is 2. The number of alkyl halides is 3. The van der Waals surface area contributed by atoms with E-state index in [1.165, 1.54) is 11.4 Å². The molecule has 0 atom stereocenters. The molecule has 1 aliphatic heterocycles. The fraction of sp³-hybridized carbons (Fsp3) is 0.227. The first-order valence-corrected chi connectivity index (χ1v) is 11.1. The number of aromatic nitrogens is 1. The van der Waals surface area contributed by atoms with Gasteiger partial charge in [0.15, 0.2) is 11.5 Å². The zero-order chi connectivity index (χ0) is 22.9. The zero-order valence-electron chi connectivity index (χ0n) is 17.0. The minimum atomic E-state index is -4.54. The molecule has 0 aliphatic carbocycles. The van der Waals surface area contributed by atoms with Gasteiger partial charge in [-0.05, 0) is 48.0 Å². The van der Waals surface area contributed by atoms with Crippen molar-refractivity contribution >= 4 is 10.0 Å². The number of halogens is 3. The molecule has 6 nitrogen and oxygen atoms in total. The van der Waals surface area contributed by atoms with Crippen LogP contribution in [0.3, 0.4) is 0 Å². The number of sulfonamides is 1. The summed E-state index contributed by atoms with van der Waals surface area (Å²) in [6, 6.07) is 10.7. The van der Waals surface area contributed by atoms with Crippen LogP contribution < -0.4 is 9.47 Å². The first-order chi connectivity index (χ1) is 15.2. The highest BCUT2D eigenvalue weighted by atomic mass is 32.2. The van der Waals surface area contributed by atoms with E-state index in [0.717, 1.165) is 35.4 Å². The van der Waals surface area contributed by atoms with Crippen LogP contribution in [0.25, 0.3) is 11.1 Å². The van der Waals surface area contributed by atoms with Crippen molar-refractivity contribution in [2.45, 2.75) is 17.6 Å². The molecule has 0 amide bonds. The third-order valence-electron chi connectivity index (χ3n) is 5.10. The Morgan fingerprint density at radius 2 is 1.84 bits per heavy atom. The Bertz CT molecular complexity index is 1210. The maximum Gasteiger partial charge on any atom is 0.416 e. The molecule has 1 aliphatic rings. The summed E-state index contributed by atoms with van der Waals surface area (Å²) in [6.45, 7) is 0.0715. The highest BCUT2D eigenvalue weighted by Gasteiger charge is 2.33. The van der Waals surface area contributed by atoms with E-state index in [-0.39, 0.29) is 24.6 Å². The van der Waals surface area contributed by atoms with Crippen molar-refractivity contribution in [2.75, 3.05) is 20.3 Å². The molecule has 2 heterocycles. The normalized spacial score (nSPS) is 14.9. The summed E-state index contributed by atoms with van der Waals surface area (Å²) in [7, 11) is -2.56. The molecule has 0 spiro atoms. The number of ether oxygens (including phenoxy) is 2. The maximum atomic E-state index is 13.2. The Balaban J connectivity index is 1.71. The highest BCUT2D eigenvalue weighted by Crippen LogP contribution is 2.39. The van der Waals surface area contributed by atoms with Gasteiger partial charge in [0.05, 0.1) is 17.6 Å². The molecular weight excluding hydrogens is 445 g/mol. The summed E-state index contributed by atoms with van der Waals surface area (Å²) in [4.78, 5) is 3.89. The molecule has 0 bridgehead atoms. The summed E-state index contributed by atoms with van der Waals surface area (Å²) >= 11 is 0. The number of hydrogen-bond donors (Lipinski definition) is 0. The molecule has 10 heteroatoms. The second kappa shape index (κ2) is 8.44. The monoisotopic (exact) mass is 464 g/mol. The maximum absolute atomic E-state index is 13.2. The van der Waals surface area contributed by atoms with Crippen molar-refractivity contribution < 1.29 is 31.1 Å². The lowest BCUT2D eigenvalue weighted by molar-refractivity contribution is -0.137. The minimum Gasteiger partial charge on any atom is -0.493 e. The predicted molar refractivity (Wildman–Crippen MR) is 111 cm³/mol. The van der Waals surface area contributed by atoms with Gasteiger partial charge in [0.1, 0.15) is 6.61 Å². The Morgan fingerprint density at radius 1 is 1.09 bits per heavy atom. The Kier molecular flexibility index (Phi) is 5.83. The molecule has 32 heavy (non-hydrogen) atoms. The second-order valence-electron chi connectivity index (χ2n) is 7.12. The van der Waals surface area contributed by atoms with Gasteiger partial charge in [-0.25, -0.2) is 8.42 Å². The predicted octanol–water partition coefficient (Wildman–Crippen LogP) is 4.36. The van der Waals surface area contributed by atoms with Crippen LogP contribution in [0.4, 0.5) is 13.2 Å². The standard InChI is InChI=1S/C22H19F3N2O4S/c1-30-20-12-16(15-3-2-8-26-13-15)11-17-14-27(9-10-31-21(17)20)32(28,29)19-6-4-18(5-7-19)22(23,24)25/h2-8,11-13H,9-10,14H2,1H3. The molecule has 0 fully saturated rings. The van der Waals surface area contributed by atoms with Crippen LogP contribution >= 0.6 is 0 Å². The number of benzene rings is 2. The lowest BCUT2D eigenvalue weighted by Crippen LogP contribution is -2.32. The Hall–Kier alpha value is -3.11. The molecule has 0 saturated carbocycles. The third kappa shape index (κ3) is 4.28. The molecule has 168 valence electrons. The quantitative estimate of drug-likeness (QED) is 0.574. The van der Waals surface area contributed by atoms with Gasteiger partial charge < -0.3 is 9.47 Å². The molecule has 2 aromatic carbocycles. The average Bonchev–Trinajstić information content (AvgIpc) is 3.01. The van der Waals surface area contributed by atoms with E-state index < -0.39 is 21.8 Å². The minimum absolute atomic E-state index is 0.0247. The van der Waals surface area contributed by atoms with E-state index in [2.05, 4.69) is 4.98 Å². The molecule has 4 rings (SSSR count). The van der Waals surface area contributed by atoms with E-state index in [0.29, 0.717) is 17.1 Å². The number of methoxy groups -OCH3 is 1. The molecule has 0 unspecified atom stereocenters. The fourth-order valence-electron chi connectivity index (χ4n) is 3.48. The molecule has 3 aromatic rings. The zero-order valence-corrected chi connectivity index (χ0v) is 17.8. The number of fused-ring (bicyclic) bond motifs is 1. The van der Waals surface area contributed by atoms with Crippen LogP contribution in [0.2, 0.25) is 0 Å². The SMILES string of the molecule is COc1cc(-c2cccnc2)cc2c1OCCN(S(=O)(=O)c1ccc(C(F)(F)F)cc1)C2. The molecule has 0 radical (unpaired) electrons. The van der Waals surface area contributed by atoms with E-state index in [1.54, 1.807) is 30.6 Å². The first-order valence-electron chi connectivity index (χ1n) is 9.61. The molecule has 0 N–H and O–H groups in total. The summed E-state index contributed by atoms with van der Waals surface area (Å²) in [6.07, 6.45) is -1.22. The first kappa shape index (κ1) is 22.1. The average molecular weight is 464 g/mol. The van der Waals surface area contributed by atoms with Crippen LogP contribution in [0, 0.1) is 0 Å². The summed E-state index contributed by atoms with van der Waals surface area (Å²) in [5.74, 6) is 0.889. The smallest absolute Gasteiger partial charge is 0.416 e. The van der Waals surface area contributed by atoms with Crippen LogP contribution in [0.1, 0.15) is 11.1 Å². The van der Waals surface area contributed by atoms with Gasteiger partial charge in [-0.3, -0.25) is 4.98 Å². The van der Waals surface area contributed by atoms with Gasteiger partial charge in [0, 0.05) is 36.6 Å². The molecular formula is C22H19F3N2O4S. The van der Waals surface area contributed by atoms with Crippen molar-refractivity contribution in [3.8, 4) is 22.6 Å². The Morgan fingerprint density at radius 3 is 2.47 bits per heavy atom. The van der Waals surface area contributed by atoms with Crippen molar-refractivity contribution in [3.63, 3.8) is 0 Å². The van der Waals surface area contributed by atoms with Crippen LogP contribution in [-0.2, 0) is 22.7 Å². The molecule has 1 aromatic heterocycles.